The summed E-state index contributed by atoms with van der Waals surface area (Å²) in [6, 6.07) is 4.33. The van der Waals surface area contributed by atoms with E-state index in [1.165, 1.54) is 0 Å². The van der Waals surface area contributed by atoms with Crippen molar-refractivity contribution in [3.8, 4) is 0 Å². The molecular formula is C12H16BrN3O. The Balaban J connectivity index is 2.17. The zero-order chi connectivity index (χ0) is 12.4. The van der Waals surface area contributed by atoms with Gasteiger partial charge in [-0.2, -0.15) is 0 Å². The lowest BCUT2D eigenvalue weighted by molar-refractivity contribution is -0.122. The Morgan fingerprint density at radius 2 is 2.29 bits per heavy atom. The normalized spacial score (nSPS) is 24.7. The lowest BCUT2D eigenvalue weighted by atomic mass is 9.93. The van der Waals surface area contributed by atoms with Gasteiger partial charge in [0.15, 0.2) is 0 Å². The number of amides is 1. The summed E-state index contributed by atoms with van der Waals surface area (Å²) in [5, 5.41) is 0. The number of carbonyl (C=O) groups is 1. The van der Waals surface area contributed by atoms with Crippen LogP contribution in [0.2, 0.25) is 0 Å². The number of aromatic nitrogens is 1. The molecule has 2 rings (SSSR count). The van der Waals surface area contributed by atoms with Gasteiger partial charge in [-0.3, -0.25) is 4.79 Å². The summed E-state index contributed by atoms with van der Waals surface area (Å²) in [4.78, 5) is 17.8. The van der Waals surface area contributed by atoms with Crippen LogP contribution in [0.1, 0.15) is 19.8 Å². The molecule has 0 spiro atoms. The number of anilines is 1. The number of rotatable bonds is 2. The van der Waals surface area contributed by atoms with E-state index in [9.17, 15) is 4.79 Å². The maximum Gasteiger partial charge on any atom is 0.222 e. The minimum atomic E-state index is -0.209. The molecule has 1 fully saturated rings. The highest BCUT2D eigenvalue weighted by Gasteiger charge is 2.29. The number of carbonyl (C=O) groups excluding carboxylic acids is 1. The van der Waals surface area contributed by atoms with Crippen LogP contribution in [0.25, 0.3) is 0 Å². The largest absolute Gasteiger partial charge is 0.369 e. The van der Waals surface area contributed by atoms with Gasteiger partial charge >= 0.3 is 0 Å². The SMILES string of the molecule is CC1CCC(C(N)=O)CN1c1ccc(Br)cn1. The summed E-state index contributed by atoms with van der Waals surface area (Å²) in [7, 11) is 0. The Morgan fingerprint density at radius 1 is 1.53 bits per heavy atom. The van der Waals surface area contributed by atoms with Gasteiger partial charge in [0.25, 0.3) is 0 Å². The topological polar surface area (TPSA) is 59.2 Å². The summed E-state index contributed by atoms with van der Waals surface area (Å²) in [6.45, 7) is 2.83. The molecule has 0 aromatic carbocycles. The zero-order valence-corrected chi connectivity index (χ0v) is 11.4. The van der Waals surface area contributed by atoms with Crippen LogP contribution in [0.3, 0.4) is 0 Å². The number of nitrogens with zero attached hydrogens (tertiary/aromatic N) is 2. The molecule has 0 bridgehead atoms. The Labute approximate surface area is 109 Å². The van der Waals surface area contributed by atoms with E-state index in [-0.39, 0.29) is 11.8 Å². The highest BCUT2D eigenvalue weighted by Crippen LogP contribution is 2.26. The van der Waals surface area contributed by atoms with E-state index >= 15 is 0 Å². The van der Waals surface area contributed by atoms with Gasteiger partial charge in [-0.05, 0) is 47.8 Å². The van der Waals surface area contributed by atoms with Crippen LogP contribution >= 0.6 is 15.9 Å². The molecule has 0 aliphatic carbocycles. The highest BCUT2D eigenvalue weighted by molar-refractivity contribution is 9.10. The third-order valence-corrected chi connectivity index (χ3v) is 3.76. The van der Waals surface area contributed by atoms with Crippen LogP contribution in [0, 0.1) is 5.92 Å². The van der Waals surface area contributed by atoms with Gasteiger partial charge < -0.3 is 10.6 Å². The minimum Gasteiger partial charge on any atom is -0.369 e. The van der Waals surface area contributed by atoms with E-state index < -0.39 is 0 Å². The summed E-state index contributed by atoms with van der Waals surface area (Å²) < 4.78 is 0.956. The van der Waals surface area contributed by atoms with E-state index in [0.717, 1.165) is 23.1 Å². The van der Waals surface area contributed by atoms with Gasteiger partial charge in [0.05, 0.1) is 5.92 Å². The average molecular weight is 298 g/mol. The maximum absolute atomic E-state index is 11.3. The van der Waals surface area contributed by atoms with Gasteiger partial charge in [0.1, 0.15) is 5.82 Å². The van der Waals surface area contributed by atoms with Crippen molar-refractivity contribution in [3.05, 3.63) is 22.8 Å². The number of halogens is 1. The molecule has 92 valence electrons. The third-order valence-electron chi connectivity index (χ3n) is 3.29. The summed E-state index contributed by atoms with van der Waals surface area (Å²) in [6.07, 6.45) is 3.63. The number of primary amides is 1. The smallest absolute Gasteiger partial charge is 0.222 e. The highest BCUT2D eigenvalue weighted by atomic mass is 79.9. The average Bonchev–Trinajstić information content (AvgIpc) is 2.31. The Bertz CT molecular complexity index is 407. The first-order valence-electron chi connectivity index (χ1n) is 5.75. The Hall–Kier alpha value is -1.10. The van der Waals surface area contributed by atoms with Crippen LogP contribution in [0.4, 0.5) is 5.82 Å². The Morgan fingerprint density at radius 3 is 2.88 bits per heavy atom. The molecule has 0 saturated carbocycles. The molecule has 1 aromatic rings. The first-order chi connectivity index (χ1) is 8.08. The molecule has 2 heterocycles. The third kappa shape index (κ3) is 2.77. The van der Waals surface area contributed by atoms with E-state index in [1.54, 1.807) is 6.20 Å². The van der Waals surface area contributed by atoms with E-state index in [1.807, 2.05) is 12.1 Å². The molecule has 1 aliphatic rings. The molecule has 5 heteroatoms. The number of pyridine rings is 1. The fourth-order valence-electron chi connectivity index (χ4n) is 2.20. The second-order valence-electron chi connectivity index (χ2n) is 4.51. The zero-order valence-electron chi connectivity index (χ0n) is 9.77. The molecule has 2 atom stereocenters. The van der Waals surface area contributed by atoms with Gasteiger partial charge in [-0.15, -0.1) is 0 Å². The summed E-state index contributed by atoms with van der Waals surface area (Å²) in [5.74, 6) is 0.641. The molecule has 1 saturated heterocycles. The number of piperidine rings is 1. The predicted octanol–water partition coefficient (Wildman–Crippen LogP) is 1.93. The quantitative estimate of drug-likeness (QED) is 0.907. The molecule has 1 amide bonds. The van der Waals surface area contributed by atoms with Gasteiger partial charge in [-0.25, -0.2) is 4.98 Å². The van der Waals surface area contributed by atoms with Crippen molar-refractivity contribution in [3.63, 3.8) is 0 Å². The monoisotopic (exact) mass is 297 g/mol. The molecule has 17 heavy (non-hydrogen) atoms. The summed E-state index contributed by atoms with van der Waals surface area (Å²) >= 11 is 3.36. The first kappa shape index (κ1) is 12.4. The fourth-order valence-corrected chi connectivity index (χ4v) is 2.43. The van der Waals surface area contributed by atoms with Gasteiger partial charge in [0, 0.05) is 23.3 Å². The maximum atomic E-state index is 11.3. The fraction of sp³-hybridized carbons (Fsp3) is 0.500. The van der Waals surface area contributed by atoms with Crippen LogP contribution in [0.5, 0.6) is 0 Å². The molecule has 1 aliphatic heterocycles. The second kappa shape index (κ2) is 5.04. The van der Waals surface area contributed by atoms with Crippen molar-refractivity contribution in [2.45, 2.75) is 25.8 Å². The molecular weight excluding hydrogens is 282 g/mol. The van der Waals surface area contributed by atoms with Crippen molar-refractivity contribution in [1.82, 2.24) is 4.98 Å². The summed E-state index contributed by atoms with van der Waals surface area (Å²) in [5.41, 5.74) is 5.38. The molecule has 4 nitrogen and oxygen atoms in total. The number of nitrogens with two attached hydrogens (primary N) is 1. The lowest BCUT2D eigenvalue weighted by Crippen LogP contribution is -2.46. The molecule has 0 radical (unpaired) electrons. The van der Waals surface area contributed by atoms with Crippen LogP contribution in [-0.2, 0) is 4.79 Å². The molecule has 2 unspecified atom stereocenters. The van der Waals surface area contributed by atoms with Crippen LogP contribution in [0.15, 0.2) is 22.8 Å². The van der Waals surface area contributed by atoms with E-state index in [4.69, 9.17) is 5.73 Å². The Kier molecular flexibility index (Phi) is 3.66. The standard InChI is InChI=1S/C12H16BrN3O/c1-8-2-3-9(12(14)17)7-16(8)11-5-4-10(13)6-15-11/h4-6,8-9H,2-3,7H2,1H3,(H2,14,17). The second-order valence-corrected chi connectivity index (χ2v) is 5.43. The van der Waals surface area contributed by atoms with E-state index in [0.29, 0.717) is 12.6 Å². The first-order valence-corrected chi connectivity index (χ1v) is 6.54. The molecule has 2 N–H and O–H groups in total. The lowest BCUT2D eigenvalue weighted by Gasteiger charge is -2.37. The predicted molar refractivity (Wildman–Crippen MR) is 70.7 cm³/mol. The number of hydrogen-bond donors (Lipinski definition) is 1. The van der Waals surface area contributed by atoms with Gasteiger partial charge in [-0.1, -0.05) is 0 Å². The van der Waals surface area contributed by atoms with Crippen molar-refractivity contribution in [2.24, 2.45) is 11.7 Å². The molecule has 1 aromatic heterocycles. The van der Waals surface area contributed by atoms with Crippen molar-refractivity contribution < 1.29 is 4.79 Å². The van der Waals surface area contributed by atoms with Crippen LogP contribution < -0.4 is 10.6 Å². The van der Waals surface area contributed by atoms with E-state index in [2.05, 4.69) is 32.7 Å². The van der Waals surface area contributed by atoms with Crippen LogP contribution in [-0.4, -0.2) is 23.5 Å². The minimum absolute atomic E-state index is 0.0587. The van der Waals surface area contributed by atoms with Crippen molar-refractivity contribution in [2.75, 3.05) is 11.4 Å². The number of hydrogen-bond acceptors (Lipinski definition) is 3. The van der Waals surface area contributed by atoms with Crippen molar-refractivity contribution >= 4 is 27.7 Å². The van der Waals surface area contributed by atoms with Crippen molar-refractivity contribution in [1.29, 1.82) is 0 Å². The van der Waals surface area contributed by atoms with Gasteiger partial charge in [0.2, 0.25) is 5.91 Å².